The molecule has 0 aliphatic carbocycles. The summed E-state index contributed by atoms with van der Waals surface area (Å²) in [4.78, 5) is 15.5. The van der Waals surface area contributed by atoms with Crippen molar-refractivity contribution in [2.75, 3.05) is 0 Å². The molecule has 3 rings (SSSR count). The molecule has 0 spiro atoms. The molecule has 7 heteroatoms. The summed E-state index contributed by atoms with van der Waals surface area (Å²) in [5.41, 5.74) is 1.31. The molecule has 0 aliphatic rings. The Balaban J connectivity index is 2.10. The van der Waals surface area contributed by atoms with Crippen LogP contribution in [0.15, 0.2) is 42.7 Å². The van der Waals surface area contributed by atoms with Gasteiger partial charge in [0.1, 0.15) is 5.69 Å². The molecule has 0 aliphatic heterocycles. The lowest BCUT2D eigenvalue weighted by atomic mass is 10.2. The monoisotopic (exact) mass is 283 g/mol. The van der Waals surface area contributed by atoms with Crippen molar-refractivity contribution in [3.8, 4) is 11.5 Å². The van der Waals surface area contributed by atoms with Gasteiger partial charge >= 0.3 is 5.97 Å². The third-order valence-corrected chi connectivity index (χ3v) is 3.15. The number of aromatic nitrogens is 5. The molecule has 21 heavy (non-hydrogen) atoms. The van der Waals surface area contributed by atoms with Gasteiger partial charge < -0.3 is 9.67 Å². The Morgan fingerprint density at radius 2 is 2.05 bits per heavy atom. The van der Waals surface area contributed by atoms with Crippen LogP contribution >= 0.6 is 0 Å². The largest absolute Gasteiger partial charge is 0.476 e. The van der Waals surface area contributed by atoms with Crippen LogP contribution in [0.25, 0.3) is 11.5 Å². The van der Waals surface area contributed by atoms with E-state index in [9.17, 15) is 9.90 Å². The van der Waals surface area contributed by atoms with Crippen molar-refractivity contribution in [3.05, 3.63) is 54.0 Å². The summed E-state index contributed by atoms with van der Waals surface area (Å²) < 4.78 is 3.30. The fourth-order valence-corrected chi connectivity index (χ4v) is 2.14. The van der Waals surface area contributed by atoms with E-state index < -0.39 is 5.97 Å². The Morgan fingerprint density at radius 3 is 2.67 bits per heavy atom. The summed E-state index contributed by atoms with van der Waals surface area (Å²) in [6.45, 7) is 0.434. The summed E-state index contributed by atoms with van der Waals surface area (Å²) in [7, 11) is 1.80. The predicted octanol–water partition coefficient (Wildman–Crippen LogP) is 1.43. The van der Waals surface area contributed by atoms with E-state index in [-0.39, 0.29) is 5.69 Å². The topological polar surface area (TPSA) is 85.8 Å². The van der Waals surface area contributed by atoms with Crippen molar-refractivity contribution >= 4 is 5.97 Å². The Bertz CT molecular complexity index is 776. The summed E-state index contributed by atoms with van der Waals surface area (Å²) in [6, 6.07) is 9.66. The van der Waals surface area contributed by atoms with Crippen LogP contribution in [0.5, 0.6) is 0 Å². The Morgan fingerprint density at radius 1 is 1.29 bits per heavy atom. The van der Waals surface area contributed by atoms with E-state index in [2.05, 4.69) is 15.3 Å². The average molecular weight is 283 g/mol. The lowest BCUT2D eigenvalue weighted by Gasteiger charge is -2.07. The van der Waals surface area contributed by atoms with Crippen molar-refractivity contribution in [3.63, 3.8) is 0 Å². The maximum Gasteiger partial charge on any atom is 0.358 e. The first-order valence-electron chi connectivity index (χ1n) is 6.35. The van der Waals surface area contributed by atoms with Crippen molar-refractivity contribution in [2.24, 2.45) is 7.05 Å². The first-order valence-corrected chi connectivity index (χ1v) is 6.35. The molecule has 2 heterocycles. The molecule has 0 amide bonds. The smallest absolute Gasteiger partial charge is 0.358 e. The molecule has 0 saturated heterocycles. The van der Waals surface area contributed by atoms with Gasteiger partial charge in [0.2, 0.25) is 5.69 Å². The highest BCUT2D eigenvalue weighted by Crippen LogP contribution is 2.21. The van der Waals surface area contributed by atoms with Crippen molar-refractivity contribution in [2.45, 2.75) is 6.54 Å². The summed E-state index contributed by atoms with van der Waals surface area (Å²) >= 11 is 0. The highest BCUT2D eigenvalue weighted by Gasteiger charge is 2.23. The van der Waals surface area contributed by atoms with Crippen LogP contribution in [0, 0.1) is 0 Å². The minimum atomic E-state index is -1.12. The van der Waals surface area contributed by atoms with Gasteiger partial charge in [-0.1, -0.05) is 35.5 Å². The van der Waals surface area contributed by atoms with Crippen LogP contribution in [-0.2, 0) is 13.6 Å². The van der Waals surface area contributed by atoms with Gasteiger partial charge in [-0.15, -0.1) is 5.10 Å². The fourth-order valence-electron chi connectivity index (χ4n) is 2.14. The Kier molecular flexibility index (Phi) is 3.23. The van der Waals surface area contributed by atoms with Gasteiger partial charge in [-0.05, 0) is 5.56 Å². The number of aryl methyl sites for hydroxylation is 1. The molecule has 7 nitrogen and oxygen atoms in total. The first kappa shape index (κ1) is 13.0. The van der Waals surface area contributed by atoms with Gasteiger partial charge in [0.05, 0.1) is 6.54 Å². The highest BCUT2D eigenvalue weighted by molar-refractivity contribution is 5.91. The van der Waals surface area contributed by atoms with Crippen molar-refractivity contribution < 1.29 is 9.90 Å². The van der Waals surface area contributed by atoms with Gasteiger partial charge in [0.15, 0.2) is 5.82 Å². The number of hydrogen-bond acceptors (Lipinski definition) is 4. The third kappa shape index (κ3) is 2.40. The Labute approximate surface area is 120 Å². The number of carboxylic acids is 1. The number of imidazole rings is 1. The third-order valence-electron chi connectivity index (χ3n) is 3.15. The number of nitrogens with zero attached hydrogens (tertiary/aromatic N) is 5. The van der Waals surface area contributed by atoms with E-state index in [1.54, 1.807) is 28.7 Å². The van der Waals surface area contributed by atoms with Crippen molar-refractivity contribution in [1.29, 1.82) is 0 Å². The quantitative estimate of drug-likeness (QED) is 0.782. The van der Waals surface area contributed by atoms with E-state index in [0.717, 1.165) is 5.56 Å². The van der Waals surface area contributed by atoms with Crippen LogP contribution in [0.4, 0.5) is 0 Å². The van der Waals surface area contributed by atoms with E-state index in [1.807, 2.05) is 30.3 Å². The molecule has 3 aromatic rings. The molecular formula is C14H13N5O2. The average Bonchev–Trinajstić information content (AvgIpc) is 3.06. The minimum absolute atomic E-state index is 0.0970. The zero-order chi connectivity index (χ0) is 14.8. The number of carbonyl (C=O) groups is 1. The second kappa shape index (κ2) is 5.20. The van der Waals surface area contributed by atoms with E-state index >= 15 is 0 Å². The van der Waals surface area contributed by atoms with Crippen LogP contribution in [0.1, 0.15) is 16.1 Å². The summed E-state index contributed by atoms with van der Waals surface area (Å²) in [5.74, 6) is -0.597. The predicted molar refractivity (Wildman–Crippen MR) is 74.7 cm³/mol. The molecule has 0 saturated carbocycles. The second-order valence-corrected chi connectivity index (χ2v) is 4.60. The molecular weight excluding hydrogens is 270 g/mol. The minimum Gasteiger partial charge on any atom is -0.476 e. The molecule has 1 N–H and O–H groups in total. The van der Waals surface area contributed by atoms with E-state index in [0.29, 0.717) is 18.1 Å². The SMILES string of the molecule is Cn1ccnc1-c1c(C(=O)O)nnn1Cc1ccccc1. The molecule has 106 valence electrons. The van der Waals surface area contributed by atoms with Gasteiger partial charge in [0, 0.05) is 19.4 Å². The molecule has 0 radical (unpaired) electrons. The molecule has 0 unspecified atom stereocenters. The second-order valence-electron chi connectivity index (χ2n) is 4.60. The number of aromatic carboxylic acids is 1. The Hall–Kier alpha value is -2.96. The first-order chi connectivity index (χ1) is 10.2. The van der Waals surface area contributed by atoms with Gasteiger partial charge in [-0.2, -0.15) is 0 Å². The van der Waals surface area contributed by atoms with Gasteiger partial charge in [-0.3, -0.25) is 0 Å². The summed E-state index contributed by atoms with van der Waals surface area (Å²) in [6.07, 6.45) is 3.36. The maximum atomic E-state index is 11.3. The zero-order valence-corrected chi connectivity index (χ0v) is 11.3. The maximum absolute atomic E-state index is 11.3. The number of hydrogen-bond donors (Lipinski definition) is 1. The van der Waals surface area contributed by atoms with Crippen LogP contribution in [-0.4, -0.2) is 35.6 Å². The van der Waals surface area contributed by atoms with E-state index in [1.165, 1.54) is 0 Å². The number of benzene rings is 1. The molecule has 0 fully saturated rings. The van der Waals surface area contributed by atoms with E-state index in [4.69, 9.17) is 0 Å². The number of rotatable bonds is 4. The van der Waals surface area contributed by atoms with Crippen LogP contribution in [0.2, 0.25) is 0 Å². The van der Waals surface area contributed by atoms with Crippen molar-refractivity contribution in [1.82, 2.24) is 24.5 Å². The molecule has 0 bridgehead atoms. The normalized spacial score (nSPS) is 10.7. The van der Waals surface area contributed by atoms with Crippen LogP contribution in [0.3, 0.4) is 0 Å². The standard InChI is InChI=1S/C14H13N5O2/c1-18-8-7-15-13(18)12-11(14(20)21)16-17-19(12)9-10-5-3-2-4-6-10/h2-8H,9H2,1H3,(H,20,21). The number of carboxylic acid groups (broad SMARTS) is 1. The van der Waals surface area contributed by atoms with Gasteiger partial charge in [0.25, 0.3) is 0 Å². The summed E-state index contributed by atoms with van der Waals surface area (Å²) in [5, 5.41) is 17.0. The highest BCUT2D eigenvalue weighted by atomic mass is 16.4. The molecule has 2 aromatic heterocycles. The fraction of sp³-hybridized carbons (Fsp3) is 0.143. The lowest BCUT2D eigenvalue weighted by molar-refractivity contribution is 0.0691. The van der Waals surface area contributed by atoms with Gasteiger partial charge in [-0.25, -0.2) is 14.5 Å². The zero-order valence-electron chi connectivity index (χ0n) is 11.3. The molecule has 0 atom stereocenters. The van der Waals surface area contributed by atoms with Crippen LogP contribution < -0.4 is 0 Å². The molecule has 1 aromatic carbocycles. The lowest BCUT2D eigenvalue weighted by Crippen LogP contribution is -2.08.